The highest BCUT2D eigenvalue weighted by Gasteiger charge is 2.12. The van der Waals surface area contributed by atoms with Crippen LogP contribution in [0.15, 0.2) is 89.9 Å². The summed E-state index contributed by atoms with van der Waals surface area (Å²) in [5.41, 5.74) is 3.46. The third-order valence-corrected chi connectivity index (χ3v) is 4.90. The second kappa shape index (κ2) is 9.83. The number of thioether (sulfide) groups is 1. The van der Waals surface area contributed by atoms with Crippen LogP contribution in [-0.4, -0.2) is 23.4 Å². The number of amidine groups is 1. The molecule has 0 fully saturated rings. The predicted molar refractivity (Wildman–Crippen MR) is 116 cm³/mol. The third kappa shape index (κ3) is 5.63. The van der Waals surface area contributed by atoms with Crippen molar-refractivity contribution >= 4 is 22.6 Å². The Kier molecular flexibility index (Phi) is 6.94. The number of hydrogen-bond acceptors (Lipinski definition) is 3. The van der Waals surface area contributed by atoms with E-state index in [-0.39, 0.29) is 0 Å². The Balaban J connectivity index is 1.88. The molecule has 0 amide bonds. The molecule has 0 spiro atoms. The lowest BCUT2D eigenvalue weighted by molar-refractivity contribution is 0.414. The van der Waals surface area contributed by atoms with E-state index in [1.807, 2.05) is 36.4 Å². The topological polar surface area (TPSA) is 24.8 Å². The van der Waals surface area contributed by atoms with E-state index in [1.165, 1.54) is 11.1 Å². The van der Waals surface area contributed by atoms with Crippen molar-refractivity contribution in [2.45, 2.75) is 13.1 Å². The Hall–Kier alpha value is -2.72. The standard InChI is InChI=1S/C23H24N2OS/c1-26-22-15-13-21(14-16-22)24-23(27-2)25(17-19-9-5-3-6-10-19)18-20-11-7-4-8-12-20/h3-16H,17-18H2,1-2H3. The summed E-state index contributed by atoms with van der Waals surface area (Å²) in [6, 6.07) is 28.9. The van der Waals surface area contributed by atoms with Gasteiger partial charge in [0.2, 0.25) is 0 Å². The van der Waals surface area contributed by atoms with Gasteiger partial charge in [0.1, 0.15) is 5.75 Å². The Bertz CT molecular complexity index is 807. The molecule has 27 heavy (non-hydrogen) atoms. The Morgan fingerprint density at radius 2 is 1.33 bits per heavy atom. The molecule has 0 heterocycles. The summed E-state index contributed by atoms with van der Waals surface area (Å²) in [6.07, 6.45) is 2.07. The van der Waals surface area contributed by atoms with Gasteiger partial charge in [-0.3, -0.25) is 0 Å². The second-order valence-electron chi connectivity index (χ2n) is 6.12. The van der Waals surface area contributed by atoms with Crippen LogP contribution < -0.4 is 4.74 Å². The van der Waals surface area contributed by atoms with Gasteiger partial charge in [-0.2, -0.15) is 0 Å². The van der Waals surface area contributed by atoms with E-state index in [4.69, 9.17) is 9.73 Å². The van der Waals surface area contributed by atoms with Crippen LogP contribution in [0.25, 0.3) is 0 Å². The van der Waals surface area contributed by atoms with E-state index in [0.717, 1.165) is 29.7 Å². The molecular formula is C23H24N2OS. The maximum Gasteiger partial charge on any atom is 0.164 e. The lowest BCUT2D eigenvalue weighted by Crippen LogP contribution is -2.27. The number of nitrogens with zero attached hydrogens (tertiary/aromatic N) is 2. The zero-order chi connectivity index (χ0) is 18.9. The Labute approximate surface area is 165 Å². The first-order chi connectivity index (χ1) is 13.3. The SMILES string of the molecule is COc1ccc(N=C(SC)N(Cc2ccccc2)Cc2ccccc2)cc1. The van der Waals surface area contributed by atoms with Gasteiger partial charge >= 0.3 is 0 Å². The largest absolute Gasteiger partial charge is 0.497 e. The second-order valence-corrected chi connectivity index (χ2v) is 6.90. The lowest BCUT2D eigenvalue weighted by Gasteiger charge is -2.25. The molecule has 0 N–H and O–H groups in total. The number of aliphatic imine (C=N–C) groups is 1. The van der Waals surface area contributed by atoms with E-state index in [9.17, 15) is 0 Å². The Morgan fingerprint density at radius 3 is 1.78 bits per heavy atom. The van der Waals surface area contributed by atoms with Crippen molar-refractivity contribution in [1.29, 1.82) is 0 Å². The van der Waals surface area contributed by atoms with Crippen molar-refractivity contribution in [1.82, 2.24) is 4.90 Å². The van der Waals surface area contributed by atoms with Gasteiger partial charge in [0, 0.05) is 13.1 Å². The fourth-order valence-electron chi connectivity index (χ4n) is 2.81. The molecule has 0 saturated heterocycles. The van der Waals surface area contributed by atoms with Crippen molar-refractivity contribution in [3.63, 3.8) is 0 Å². The van der Waals surface area contributed by atoms with Crippen LogP contribution in [0.1, 0.15) is 11.1 Å². The van der Waals surface area contributed by atoms with Crippen molar-refractivity contribution in [3.8, 4) is 5.75 Å². The average molecular weight is 377 g/mol. The first-order valence-corrected chi connectivity index (χ1v) is 10.1. The first kappa shape index (κ1) is 19.1. The quantitative estimate of drug-likeness (QED) is 0.405. The molecule has 0 aliphatic heterocycles. The molecule has 0 saturated carbocycles. The van der Waals surface area contributed by atoms with E-state index >= 15 is 0 Å². The maximum absolute atomic E-state index is 5.24. The minimum absolute atomic E-state index is 0.811. The molecule has 3 rings (SSSR count). The van der Waals surface area contributed by atoms with Crippen LogP contribution in [0.5, 0.6) is 5.75 Å². The summed E-state index contributed by atoms with van der Waals surface area (Å²) in [5, 5.41) is 0.993. The smallest absolute Gasteiger partial charge is 0.164 e. The fraction of sp³-hybridized carbons (Fsp3) is 0.174. The predicted octanol–water partition coefficient (Wildman–Crippen LogP) is 5.75. The molecule has 0 atom stereocenters. The number of hydrogen-bond donors (Lipinski definition) is 0. The van der Waals surface area contributed by atoms with Crippen LogP contribution in [0.4, 0.5) is 5.69 Å². The molecule has 0 unspecified atom stereocenters. The number of methoxy groups -OCH3 is 1. The molecule has 0 aliphatic carbocycles. The monoisotopic (exact) mass is 376 g/mol. The maximum atomic E-state index is 5.24. The van der Waals surface area contributed by atoms with E-state index in [1.54, 1.807) is 18.9 Å². The van der Waals surface area contributed by atoms with Crippen LogP contribution in [-0.2, 0) is 13.1 Å². The molecule has 3 aromatic rings. The van der Waals surface area contributed by atoms with Crippen LogP contribution >= 0.6 is 11.8 Å². The molecule has 3 nitrogen and oxygen atoms in total. The molecule has 3 aromatic carbocycles. The van der Waals surface area contributed by atoms with Crippen molar-refractivity contribution in [3.05, 3.63) is 96.1 Å². The third-order valence-electron chi connectivity index (χ3n) is 4.18. The highest BCUT2D eigenvalue weighted by molar-refractivity contribution is 8.13. The van der Waals surface area contributed by atoms with E-state index < -0.39 is 0 Å². The van der Waals surface area contributed by atoms with Gasteiger partial charge in [-0.05, 0) is 41.6 Å². The van der Waals surface area contributed by atoms with Crippen LogP contribution in [0.3, 0.4) is 0 Å². The average Bonchev–Trinajstić information content (AvgIpc) is 2.73. The van der Waals surface area contributed by atoms with Crippen molar-refractivity contribution in [2.24, 2.45) is 4.99 Å². The van der Waals surface area contributed by atoms with Crippen LogP contribution in [0, 0.1) is 0 Å². The van der Waals surface area contributed by atoms with Gasteiger partial charge in [0.25, 0.3) is 0 Å². The summed E-state index contributed by atoms with van der Waals surface area (Å²) in [6.45, 7) is 1.62. The van der Waals surface area contributed by atoms with Gasteiger partial charge < -0.3 is 9.64 Å². The number of rotatable bonds is 6. The summed E-state index contributed by atoms with van der Waals surface area (Å²) < 4.78 is 5.24. The highest BCUT2D eigenvalue weighted by Crippen LogP contribution is 2.22. The molecular weight excluding hydrogens is 352 g/mol. The van der Waals surface area contributed by atoms with Gasteiger partial charge in [0.15, 0.2) is 5.17 Å². The minimum atomic E-state index is 0.811. The normalized spacial score (nSPS) is 11.3. The minimum Gasteiger partial charge on any atom is -0.497 e. The summed E-state index contributed by atoms with van der Waals surface area (Å²) in [4.78, 5) is 7.21. The van der Waals surface area contributed by atoms with Gasteiger partial charge in [-0.1, -0.05) is 72.4 Å². The lowest BCUT2D eigenvalue weighted by atomic mass is 10.2. The summed E-state index contributed by atoms with van der Waals surface area (Å²) >= 11 is 1.67. The molecule has 4 heteroatoms. The molecule has 0 radical (unpaired) electrons. The van der Waals surface area contributed by atoms with E-state index in [0.29, 0.717) is 0 Å². The van der Waals surface area contributed by atoms with Crippen molar-refractivity contribution in [2.75, 3.05) is 13.4 Å². The van der Waals surface area contributed by atoms with Crippen molar-refractivity contribution < 1.29 is 4.74 Å². The number of benzene rings is 3. The van der Waals surface area contributed by atoms with Crippen LogP contribution in [0.2, 0.25) is 0 Å². The van der Waals surface area contributed by atoms with Gasteiger partial charge in [-0.15, -0.1) is 0 Å². The molecule has 0 aliphatic rings. The zero-order valence-corrected chi connectivity index (χ0v) is 16.5. The zero-order valence-electron chi connectivity index (χ0n) is 15.7. The fourth-order valence-corrected chi connectivity index (χ4v) is 3.40. The Morgan fingerprint density at radius 1 is 0.815 bits per heavy atom. The molecule has 0 aromatic heterocycles. The molecule has 0 bridgehead atoms. The van der Waals surface area contributed by atoms with Gasteiger partial charge in [-0.25, -0.2) is 4.99 Å². The first-order valence-electron chi connectivity index (χ1n) is 8.88. The van der Waals surface area contributed by atoms with Gasteiger partial charge in [0.05, 0.1) is 12.8 Å². The summed E-state index contributed by atoms with van der Waals surface area (Å²) in [5.74, 6) is 0.838. The summed E-state index contributed by atoms with van der Waals surface area (Å²) in [7, 11) is 1.67. The highest BCUT2D eigenvalue weighted by atomic mass is 32.2. The molecule has 138 valence electrons. The number of ether oxygens (including phenoxy) is 1. The van der Waals surface area contributed by atoms with E-state index in [2.05, 4.69) is 59.7 Å².